The highest BCUT2D eigenvalue weighted by Crippen LogP contribution is 2.26. The van der Waals surface area contributed by atoms with Gasteiger partial charge in [-0.2, -0.15) is 0 Å². The summed E-state index contributed by atoms with van der Waals surface area (Å²) < 4.78 is 10.5. The molecule has 0 fully saturated rings. The van der Waals surface area contributed by atoms with E-state index in [-0.39, 0.29) is 11.5 Å². The van der Waals surface area contributed by atoms with Crippen molar-refractivity contribution in [3.8, 4) is 11.5 Å². The van der Waals surface area contributed by atoms with E-state index in [4.69, 9.17) is 9.47 Å². The Morgan fingerprint density at radius 3 is 2.41 bits per heavy atom. The topological polar surface area (TPSA) is 52.6 Å². The van der Waals surface area contributed by atoms with Crippen LogP contribution < -0.4 is 9.47 Å². The molecule has 0 N–H and O–H groups in total. The molecule has 0 aromatic heterocycles. The molecule has 4 nitrogen and oxygen atoms in total. The lowest BCUT2D eigenvalue weighted by molar-refractivity contribution is 0.0732. The predicted octanol–water partition coefficient (Wildman–Crippen LogP) is 3.90. The van der Waals surface area contributed by atoms with Crippen LogP contribution in [0.5, 0.6) is 11.5 Å². The predicted molar refractivity (Wildman–Crippen MR) is 83.6 cm³/mol. The van der Waals surface area contributed by atoms with Crippen LogP contribution in [0.2, 0.25) is 0 Å². The van der Waals surface area contributed by atoms with Crippen LogP contribution in [0.1, 0.15) is 40.5 Å². The van der Waals surface area contributed by atoms with Crippen molar-refractivity contribution in [2.45, 2.75) is 19.8 Å². The van der Waals surface area contributed by atoms with Crippen LogP contribution in [0.3, 0.4) is 0 Å². The maximum atomic E-state index is 12.2. The molecule has 0 aliphatic heterocycles. The molecule has 0 saturated heterocycles. The van der Waals surface area contributed by atoms with Crippen LogP contribution in [0.25, 0.3) is 0 Å². The molecule has 22 heavy (non-hydrogen) atoms. The van der Waals surface area contributed by atoms with E-state index in [0.717, 1.165) is 6.42 Å². The molecule has 0 amide bonds. The van der Waals surface area contributed by atoms with Gasteiger partial charge in [-0.3, -0.25) is 4.79 Å². The third-order valence-electron chi connectivity index (χ3n) is 3.18. The van der Waals surface area contributed by atoms with E-state index < -0.39 is 5.97 Å². The van der Waals surface area contributed by atoms with E-state index >= 15 is 0 Å². The molecule has 2 rings (SSSR count). The van der Waals surface area contributed by atoms with Gasteiger partial charge >= 0.3 is 5.97 Å². The number of ether oxygens (including phenoxy) is 2. The SMILES string of the molecule is CCCC(=O)c1cc(OC)ccc1OC(=O)c1ccccc1. The van der Waals surface area contributed by atoms with Gasteiger partial charge in [0.1, 0.15) is 11.5 Å². The zero-order valence-electron chi connectivity index (χ0n) is 12.7. The maximum absolute atomic E-state index is 12.2. The molecule has 0 unspecified atom stereocenters. The quantitative estimate of drug-likeness (QED) is 0.461. The second kappa shape index (κ2) is 7.41. The van der Waals surface area contributed by atoms with E-state index in [1.807, 2.05) is 13.0 Å². The first-order chi connectivity index (χ1) is 10.7. The molecule has 0 aliphatic rings. The Labute approximate surface area is 129 Å². The average molecular weight is 298 g/mol. The van der Waals surface area contributed by atoms with Crippen LogP contribution in [0, 0.1) is 0 Å². The Hall–Kier alpha value is -2.62. The summed E-state index contributed by atoms with van der Waals surface area (Å²) in [6, 6.07) is 13.5. The number of esters is 1. The number of Topliss-reactive ketones (excluding diaryl/α,β-unsaturated/α-hetero) is 1. The van der Waals surface area contributed by atoms with Crippen molar-refractivity contribution in [2.24, 2.45) is 0 Å². The Kier molecular flexibility index (Phi) is 5.31. The zero-order chi connectivity index (χ0) is 15.9. The van der Waals surface area contributed by atoms with Crippen molar-refractivity contribution in [3.05, 3.63) is 59.7 Å². The van der Waals surface area contributed by atoms with Crippen molar-refractivity contribution in [1.29, 1.82) is 0 Å². The minimum atomic E-state index is -0.490. The van der Waals surface area contributed by atoms with Crippen LogP contribution in [-0.4, -0.2) is 18.9 Å². The molecule has 4 heteroatoms. The van der Waals surface area contributed by atoms with Gasteiger partial charge in [-0.05, 0) is 36.8 Å². The Bertz CT molecular complexity index is 662. The minimum absolute atomic E-state index is 0.0720. The third-order valence-corrected chi connectivity index (χ3v) is 3.18. The second-order valence-electron chi connectivity index (χ2n) is 4.79. The number of hydrogen-bond donors (Lipinski definition) is 0. The molecule has 0 bridgehead atoms. The van der Waals surface area contributed by atoms with Crippen LogP contribution in [-0.2, 0) is 0 Å². The first kappa shape index (κ1) is 15.8. The number of carbonyl (C=O) groups is 2. The molecule has 0 aliphatic carbocycles. The standard InChI is InChI=1S/C18H18O4/c1-3-7-16(19)15-12-14(21-2)10-11-17(15)22-18(20)13-8-5-4-6-9-13/h4-6,8-12H,3,7H2,1-2H3. The smallest absolute Gasteiger partial charge is 0.343 e. The van der Waals surface area contributed by atoms with Gasteiger partial charge in [0, 0.05) is 6.42 Å². The van der Waals surface area contributed by atoms with E-state index in [2.05, 4.69) is 0 Å². The van der Waals surface area contributed by atoms with Crippen LogP contribution in [0.15, 0.2) is 48.5 Å². The third kappa shape index (κ3) is 3.73. The number of hydrogen-bond acceptors (Lipinski definition) is 4. The highest BCUT2D eigenvalue weighted by molar-refractivity contribution is 6.00. The lowest BCUT2D eigenvalue weighted by Gasteiger charge is -2.11. The highest BCUT2D eigenvalue weighted by atomic mass is 16.5. The molecule has 2 aromatic carbocycles. The van der Waals surface area contributed by atoms with E-state index in [1.54, 1.807) is 42.5 Å². The lowest BCUT2D eigenvalue weighted by atomic mass is 10.1. The van der Waals surface area contributed by atoms with Gasteiger partial charge in [0.2, 0.25) is 0 Å². The van der Waals surface area contributed by atoms with Crippen molar-refractivity contribution in [3.63, 3.8) is 0 Å². The Balaban J connectivity index is 2.30. The van der Waals surface area contributed by atoms with Crippen LogP contribution >= 0.6 is 0 Å². The number of ketones is 1. The molecule has 114 valence electrons. The molecular weight excluding hydrogens is 280 g/mol. The summed E-state index contributed by atoms with van der Waals surface area (Å²) in [5.41, 5.74) is 0.803. The molecule has 2 aromatic rings. The molecule has 0 atom stereocenters. The molecule has 0 radical (unpaired) electrons. The van der Waals surface area contributed by atoms with Crippen molar-refractivity contribution in [2.75, 3.05) is 7.11 Å². The Morgan fingerprint density at radius 2 is 1.77 bits per heavy atom. The summed E-state index contributed by atoms with van der Waals surface area (Å²) in [4.78, 5) is 24.3. The molecule has 0 heterocycles. The van der Waals surface area contributed by atoms with Crippen LogP contribution in [0.4, 0.5) is 0 Å². The number of methoxy groups -OCH3 is 1. The first-order valence-corrected chi connectivity index (χ1v) is 7.14. The van der Waals surface area contributed by atoms with Gasteiger partial charge < -0.3 is 9.47 Å². The van der Waals surface area contributed by atoms with Gasteiger partial charge in [0.05, 0.1) is 18.2 Å². The average Bonchev–Trinajstić information content (AvgIpc) is 2.56. The zero-order valence-corrected chi connectivity index (χ0v) is 12.7. The number of carbonyl (C=O) groups excluding carboxylic acids is 2. The summed E-state index contributed by atoms with van der Waals surface area (Å²) >= 11 is 0. The first-order valence-electron chi connectivity index (χ1n) is 7.14. The van der Waals surface area contributed by atoms with E-state index in [9.17, 15) is 9.59 Å². The second-order valence-corrected chi connectivity index (χ2v) is 4.79. The molecule has 0 spiro atoms. The van der Waals surface area contributed by atoms with E-state index in [0.29, 0.717) is 23.3 Å². The Morgan fingerprint density at radius 1 is 1.05 bits per heavy atom. The van der Waals surface area contributed by atoms with Crippen molar-refractivity contribution >= 4 is 11.8 Å². The maximum Gasteiger partial charge on any atom is 0.343 e. The molecular formula is C18H18O4. The van der Waals surface area contributed by atoms with Gasteiger partial charge in [-0.15, -0.1) is 0 Å². The summed E-state index contributed by atoms with van der Waals surface area (Å²) in [6.07, 6.45) is 1.12. The monoisotopic (exact) mass is 298 g/mol. The van der Waals surface area contributed by atoms with Gasteiger partial charge in [0.15, 0.2) is 5.78 Å². The van der Waals surface area contributed by atoms with Gasteiger partial charge in [-0.1, -0.05) is 25.1 Å². The fraction of sp³-hybridized carbons (Fsp3) is 0.222. The fourth-order valence-electron chi connectivity index (χ4n) is 2.04. The van der Waals surface area contributed by atoms with Gasteiger partial charge in [-0.25, -0.2) is 4.79 Å². The van der Waals surface area contributed by atoms with Crippen molar-refractivity contribution in [1.82, 2.24) is 0 Å². The van der Waals surface area contributed by atoms with E-state index in [1.165, 1.54) is 7.11 Å². The largest absolute Gasteiger partial charge is 0.497 e. The summed E-state index contributed by atoms with van der Waals surface area (Å²) in [5, 5.41) is 0. The minimum Gasteiger partial charge on any atom is -0.497 e. The number of benzene rings is 2. The highest BCUT2D eigenvalue weighted by Gasteiger charge is 2.17. The fourth-order valence-corrected chi connectivity index (χ4v) is 2.04. The lowest BCUT2D eigenvalue weighted by Crippen LogP contribution is -2.11. The summed E-state index contributed by atoms with van der Waals surface area (Å²) in [5.74, 6) is 0.251. The van der Waals surface area contributed by atoms with Crippen molar-refractivity contribution < 1.29 is 19.1 Å². The summed E-state index contributed by atoms with van der Waals surface area (Å²) in [7, 11) is 1.53. The summed E-state index contributed by atoms with van der Waals surface area (Å²) in [6.45, 7) is 1.92. The number of rotatable bonds is 6. The normalized spacial score (nSPS) is 10.1. The van der Waals surface area contributed by atoms with Gasteiger partial charge in [0.25, 0.3) is 0 Å². The molecule has 0 saturated carbocycles.